The van der Waals surface area contributed by atoms with Gasteiger partial charge in [0.05, 0.1) is 0 Å². The highest BCUT2D eigenvalue weighted by Crippen LogP contribution is 2.26. The van der Waals surface area contributed by atoms with Gasteiger partial charge in [-0.1, -0.05) is 71.4 Å². The number of hydrogen-bond donors (Lipinski definition) is 0. The summed E-state index contributed by atoms with van der Waals surface area (Å²) in [6, 6.07) is 17.5. The summed E-state index contributed by atoms with van der Waals surface area (Å²) < 4.78 is 5.35. The number of aromatic nitrogens is 1. The van der Waals surface area contributed by atoms with Gasteiger partial charge in [0.2, 0.25) is 0 Å². The van der Waals surface area contributed by atoms with Gasteiger partial charge in [-0.2, -0.15) is 0 Å². The quantitative estimate of drug-likeness (QED) is 0.590. The summed E-state index contributed by atoms with van der Waals surface area (Å²) in [5, 5.41) is 4.65. The second-order valence-corrected chi connectivity index (χ2v) is 5.41. The van der Waals surface area contributed by atoms with Gasteiger partial charge in [0.1, 0.15) is 11.4 Å². The Morgan fingerprint density at radius 3 is 2.52 bits per heavy atom. The SMILES string of the molecule is Cc1noc(/C=C/c2ccccc2)c1N=Cc1ccccc1Cl. The highest BCUT2D eigenvalue weighted by atomic mass is 35.5. The lowest BCUT2D eigenvalue weighted by atomic mass is 10.2. The third-order valence-electron chi connectivity index (χ3n) is 3.32. The molecule has 0 fully saturated rings. The van der Waals surface area contributed by atoms with E-state index in [2.05, 4.69) is 10.1 Å². The largest absolute Gasteiger partial charge is 0.354 e. The van der Waals surface area contributed by atoms with Crippen molar-refractivity contribution in [3.05, 3.63) is 82.2 Å². The monoisotopic (exact) mass is 322 g/mol. The van der Waals surface area contributed by atoms with Crippen LogP contribution in [0.2, 0.25) is 5.02 Å². The van der Waals surface area contributed by atoms with Crippen LogP contribution in [0.25, 0.3) is 12.2 Å². The summed E-state index contributed by atoms with van der Waals surface area (Å²) in [5.74, 6) is 0.620. The first-order valence-corrected chi connectivity index (χ1v) is 7.60. The van der Waals surface area contributed by atoms with E-state index in [0.717, 1.165) is 16.8 Å². The van der Waals surface area contributed by atoms with E-state index in [9.17, 15) is 0 Å². The van der Waals surface area contributed by atoms with Crippen LogP contribution in [0, 0.1) is 6.92 Å². The number of halogens is 1. The lowest BCUT2D eigenvalue weighted by Gasteiger charge is -1.96. The van der Waals surface area contributed by atoms with Crippen LogP contribution in [-0.2, 0) is 0 Å². The molecule has 23 heavy (non-hydrogen) atoms. The van der Waals surface area contributed by atoms with Crippen molar-refractivity contribution >= 4 is 35.7 Å². The van der Waals surface area contributed by atoms with Crippen molar-refractivity contribution < 1.29 is 4.52 Å². The second-order valence-electron chi connectivity index (χ2n) is 5.00. The molecular weight excluding hydrogens is 308 g/mol. The Morgan fingerprint density at radius 2 is 1.74 bits per heavy atom. The molecule has 3 rings (SSSR count). The standard InChI is InChI=1S/C19H15ClN2O/c1-14-19(21-13-16-9-5-6-10-17(16)20)18(23-22-14)12-11-15-7-3-2-4-8-15/h2-13H,1H3/b12-11+,21-13?. The highest BCUT2D eigenvalue weighted by molar-refractivity contribution is 6.33. The van der Waals surface area contributed by atoms with Gasteiger partial charge >= 0.3 is 0 Å². The number of hydrogen-bond acceptors (Lipinski definition) is 3. The molecule has 3 aromatic rings. The van der Waals surface area contributed by atoms with Crippen molar-refractivity contribution in [1.82, 2.24) is 5.16 Å². The summed E-state index contributed by atoms with van der Waals surface area (Å²) >= 11 is 6.14. The van der Waals surface area contributed by atoms with E-state index in [1.54, 1.807) is 6.21 Å². The van der Waals surface area contributed by atoms with Crippen molar-refractivity contribution in [3.8, 4) is 0 Å². The highest BCUT2D eigenvalue weighted by Gasteiger charge is 2.09. The zero-order valence-corrected chi connectivity index (χ0v) is 13.4. The number of rotatable bonds is 4. The van der Waals surface area contributed by atoms with Crippen molar-refractivity contribution in [2.75, 3.05) is 0 Å². The van der Waals surface area contributed by atoms with E-state index in [-0.39, 0.29) is 0 Å². The van der Waals surface area contributed by atoms with Gasteiger partial charge in [-0.25, -0.2) is 0 Å². The van der Waals surface area contributed by atoms with Gasteiger partial charge in [0.15, 0.2) is 5.76 Å². The van der Waals surface area contributed by atoms with Gasteiger partial charge in [-0.3, -0.25) is 4.99 Å². The van der Waals surface area contributed by atoms with Crippen LogP contribution in [0.4, 0.5) is 5.69 Å². The van der Waals surface area contributed by atoms with Crippen molar-refractivity contribution in [3.63, 3.8) is 0 Å². The van der Waals surface area contributed by atoms with E-state index in [0.29, 0.717) is 16.5 Å². The van der Waals surface area contributed by atoms with Crippen molar-refractivity contribution in [2.24, 2.45) is 4.99 Å². The summed E-state index contributed by atoms with van der Waals surface area (Å²) in [6.45, 7) is 1.86. The maximum Gasteiger partial charge on any atom is 0.185 e. The zero-order valence-electron chi connectivity index (χ0n) is 12.6. The van der Waals surface area contributed by atoms with E-state index in [1.807, 2.05) is 73.7 Å². The Balaban J connectivity index is 1.87. The molecule has 0 aliphatic heterocycles. The van der Waals surface area contributed by atoms with Crippen LogP contribution >= 0.6 is 11.6 Å². The molecule has 0 radical (unpaired) electrons. The maximum absolute atomic E-state index is 6.14. The normalized spacial score (nSPS) is 11.6. The van der Waals surface area contributed by atoms with Crippen LogP contribution in [0.5, 0.6) is 0 Å². The van der Waals surface area contributed by atoms with E-state index in [4.69, 9.17) is 16.1 Å². The first-order valence-electron chi connectivity index (χ1n) is 7.22. The molecule has 4 heteroatoms. The molecular formula is C19H15ClN2O. The zero-order chi connectivity index (χ0) is 16.1. The molecule has 0 unspecified atom stereocenters. The van der Waals surface area contributed by atoms with E-state index < -0.39 is 0 Å². The molecule has 114 valence electrons. The van der Waals surface area contributed by atoms with Gasteiger partial charge in [0, 0.05) is 16.8 Å². The molecule has 0 spiro atoms. The molecule has 0 N–H and O–H groups in total. The first kappa shape index (κ1) is 15.3. The molecule has 0 aliphatic carbocycles. The fourth-order valence-electron chi connectivity index (χ4n) is 2.10. The van der Waals surface area contributed by atoms with Crippen LogP contribution in [0.1, 0.15) is 22.6 Å². The van der Waals surface area contributed by atoms with Crippen LogP contribution in [0.3, 0.4) is 0 Å². The molecule has 0 atom stereocenters. The second kappa shape index (κ2) is 7.07. The molecule has 0 saturated carbocycles. The molecule has 1 heterocycles. The molecule has 2 aromatic carbocycles. The Bertz CT molecular complexity index is 851. The third-order valence-corrected chi connectivity index (χ3v) is 3.67. The predicted molar refractivity (Wildman–Crippen MR) is 95.3 cm³/mol. The fraction of sp³-hybridized carbons (Fsp3) is 0.0526. The van der Waals surface area contributed by atoms with Gasteiger partial charge in [-0.05, 0) is 24.6 Å². The summed E-state index contributed by atoms with van der Waals surface area (Å²) in [6.07, 6.45) is 5.56. The molecule has 0 bridgehead atoms. The minimum absolute atomic E-state index is 0.620. The topological polar surface area (TPSA) is 38.4 Å². The Labute approximate surface area is 139 Å². The minimum atomic E-state index is 0.620. The lowest BCUT2D eigenvalue weighted by molar-refractivity contribution is 0.408. The Kier molecular flexibility index (Phi) is 4.69. The Morgan fingerprint density at radius 1 is 1.00 bits per heavy atom. The molecule has 0 aliphatic rings. The maximum atomic E-state index is 6.14. The molecule has 0 saturated heterocycles. The number of nitrogens with zero attached hydrogens (tertiary/aromatic N) is 2. The molecule has 0 amide bonds. The van der Waals surface area contributed by atoms with Gasteiger partial charge in [0.25, 0.3) is 0 Å². The van der Waals surface area contributed by atoms with Crippen LogP contribution < -0.4 is 0 Å². The average Bonchev–Trinajstić information content (AvgIpc) is 2.93. The summed E-state index contributed by atoms with van der Waals surface area (Å²) in [5.41, 5.74) is 3.38. The van der Waals surface area contributed by atoms with Crippen molar-refractivity contribution in [1.29, 1.82) is 0 Å². The Hall–Kier alpha value is -2.65. The summed E-state index contributed by atoms with van der Waals surface area (Å²) in [7, 11) is 0. The smallest absolute Gasteiger partial charge is 0.185 e. The molecule has 1 aromatic heterocycles. The lowest BCUT2D eigenvalue weighted by Crippen LogP contribution is -1.82. The average molecular weight is 323 g/mol. The predicted octanol–water partition coefficient (Wildman–Crippen LogP) is 5.56. The minimum Gasteiger partial charge on any atom is -0.354 e. The van der Waals surface area contributed by atoms with E-state index in [1.165, 1.54) is 0 Å². The van der Waals surface area contributed by atoms with Gasteiger partial charge < -0.3 is 4.52 Å². The molecule has 3 nitrogen and oxygen atoms in total. The number of aryl methyl sites for hydroxylation is 1. The van der Waals surface area contributed by atoms with E-state index >= 15 is 0 Å². The number of benzene rings is 2. The third kappa shape index (κ3) is 3.76. The fourth-order valence-corrected chi connectivity index (χ4v) is 2.28. The van der Waals surface area contributed by atoms with Crippen LogP contribution in [-0.4, -0.2) is 11.4 Å². The first-order chi connectivity index (χ1) is 11.2. The number of aliphatic imine (C=N–C) groups is 1. The van der Waals surface area contributed by atoms with Crippen molar-refractivity contribution in [2.45, 2.75) is 6.92 Å². The van der Waals surface area contributed by atoms with Crippen LogP contribution in [0.15, 0.2) is 64.1 Å². The van der Waals surface area contributed by atoms with Gasteiger partial charge in [-0.15, -0.1) is 0 Å². The summed E-state index contributed by atoms with van der Waals surface area (Å²) in [4.78, 5) is 4.49.